The Hall–Kier alpha value is -1.58. The van der Waals surface area contributed by atoms with Gasteiger partial charge in [0.15, 0.2) is 11.6 Å². The smallest absolute Gasteiger partial charge is 0.207 e. The molecule has 1 N–H and O–H groups in total. The van der Waals surface area contributed by atoms with Crippen LogP contribution in [-0.4, -0.2) is 13.5 Å². The van der Waals surface area contributed by atoms with E-state index in [1.165, 1.54) is 19.2 Å². The van der Waals surface area contributed by atoms with Crippen LogP contribution in [-0.2, 0) is 4.79 Å². The highest BCUT2D eigenvalue weighted by Crippen LogP contribution is 2.21. The normalized spacial score (nSPS) is 11.9. The van der Waals surface area contributed by atoms with Gasteiger partial charge in [0, 0.05) is 0 Å². The molecular formula is C10H12FNO2. The second-order valence-electron chi connectivity index (χ2n) is 2.90. The number of benzene rings is 1. The molecule has 0 heterocycles. The maximum absolute atomic E-state index is 13.2. The minimum atomic E-state index is -0.426. The van der Waals surface area contributed by atoms with E-state index in [0.29, 0.717) is 12.0 Å². The lowest BCUT2D eigenvalue weighted by molar-refractivity contribution is -0.110. The molecule has 14 heavy (non-hydrogen) atoms. The fraction of sp³-hybridized carbons (Fsp3) is 0.300. The highest BCUT2D eigenvalue weighted by molar-refractivity contribution is 5.47. The van der Waals surface area contributed by atoms with Gasteiger partial charge in [-0.3, -0.25) is 4.79 Å². The fourth-order valence-corrected chi connectivity index (χ4v) is 1.15. The molecule has 0 spiro atoms. The number of hydrogen-bond donors (Lipinski definition) is 1. The van der Waals surface area contributed by atoms with Crippen molar-refractivity contribution in [1.29, 1.82) is 0 Å². The van der Waals surface area contributed by atoms with Crippen LogP contribution in [0, 0.1) is 5.82 Å². The molecular weight excluding hydrogens is 185 g/mol. The Balaban J connectivity index is 2.90. The predicted octanol–water partition coefficient (Wildman–Crippen LogP) is 1.64. The summed E-state index contributed by atoms with van der Waals surface area (Å²) in [5, 5.41) is 2.54. The first-order valence-corrected chi connectivity index (χ1v) is 4.22. The number of ether oxygens (including phenoxy) is 1. The molecule has 0 saturated carbocycles. The van der Waals surface area contributed by atoms with Gasteiger partial charge in [-0.25, -0.2) is 4.39 Å². The second-order valence-corrected chi connectivity index (χ2v) is 2.90. The number of rotatable bonds is 4. The Morgan fingerprint density at radius 2 is 2.29 bits per heavy atom. The second kappa shape index (κ2) is 4.60. The molecule has 1 unspecified atom stereocenters. The van der Waals surface area contributed by atoms with Crippen LogP contribution in [0.25, 0.3) is 0 Å². The van der Waals surface area contributed by atoms with Crippen LogP contribution in [0.1, 0.15) is 18.5 Å². The zero-order valence-electron chi connectivity index (χ0n) is 8.08. The molecule has 0 fully saturated rings. The Kier molecular flexibility index (Phi) is 3.45. The van der Waals surface area contributed by atoms with Crippen LogP contribution in [0.15, 0.2) is 18.2 Å². The molecule has 0 aliphatic carbocycles. The highest BCUT2D eigenvalue weighted by atomic mass is 19.1. The third-order valence-corrected chi connectivity index (χ3v) is 1.99. The largest absolute Gasteiger partial charge is 0.494 e. The molecule has 1 aromatic rings. The third kappa shape index (κ3) is 2.22. The molecule has 0 aromatic heterocycles. The van der Waals surface area contributed by atoms with E-state index in [1.807, 2.05) is 0 Å². The van der Waals surface area contributed by atoms with Crippen LogP contribution in [0.4, 0.5) is 4.39 Å². The average molecular weight is 197 g/mol. The summed E-state index contributed by atoms with van der Waals surface area (Å²) in [6.07, 6.45) is 0.590. The standard InChI is InChI=1S/C10H12FNO2/c1-7(12-6-13)8-3-4-10(14-2)9(11)5-8/h3-7H,1-2H3,(H,12,13). The molecule has 1 rings (SSSR count). The molecule has 1 amide bonds. The van der Waals surface area contributed by atoms with E-state index in [2.05, 4.69) is 5.32 Å². The summed E-state index contributed by atoms with van der Waals surface area (Å²) in [6.45, 7) is 1.77. The summed E-state index contributed by atoms with van der Waals surface area (Å²) in [7, 11) is 1.41. The Bertz CT molecular complexity index is 328. The summed E-state index contributed by atoms with van der Waals surface area (Å²) < 4.78 is 18.0. The number of amides is 1. The third-order valence-electron chi connectivity index (χ3n) is 1.99. The molecule has 76 valence electrons. The van der Waals surface area contributed by atoms with Crippen molar-refractivity contribution < 1.29 is 13.9 Å². The average Bonchev–Trinajstić information content (AvgIpc) is 2.18. The lowest BCUT2D eigenvalue weighted by Crippen LogP contribution is -2.16. The first-order chi connectivity index (χ1) is 6.69. The first kappa shape index (κ1) is 10.5. The Morgan fingerprint density at radius 3 is 2.79 bits per heavy atom. The van der Waals surface area contributed by atoms with Gasteiger partial charge in [0.2, 0.25) is 6.41 Å². The van der Waals surface area contributed by atoms with E-state index in [0.717, 1.165) is 0 Å². The van der Waals surface area contributed by atoms with Gasteiger partial charge in [-0.2, -0.15) is 0 Å². The number of halogens is 1. The van der Waals surface area contributed by atoms with E-state index in [4.69, 9.17) is 4.74 Å². The molecule has 0 bridgehead atoms. The van der Waals surface area contributed by atoms with Gasteiger partial charge in [0.05, 0.1) is 13.2 Å². The van der Waals surface area contributed by atoms with Crippen molar-refractivity contribution in [3.8, 4) is 5.75 Å². The zero-order chi connectivity index (χ0) is 10.6. The summed E-state index contributed by atoms with van der Waals surface area (Å²) in [5.41, 5.74) is 0.704. The monoisotopic (exact) mass is 197 g/mol. The zero-order valence-corrected chi connectivity index (χ0v) is 8.08. The number of carbonyl (C=O) groups is 1. The molecule has 0 aliphatic rings. The summed E-state index contributed by atoms with van der Waals surface area (Å²) in [4.78, 5) is 10.2. The van der Waals surface area contributed by atoms with Crippen LogP contribution < -0.4 is 10.1 Å². The summed E-state index contributed by atoms with van der Waals surface area (Å²) >= 11 is 0. The minimum Gasteiger partial charge on any atom is -0.494 e. The van der Waals surface area contributed by atoms with E-state index in [9.17, 15) is 9.18 Å². The van der Waals surface area contributed by atoms with Crippen molar-refractivity contribution in [3.63, 3.8) is 0 Å². The lowest BCUT2D eigenvalue weighted by atomic mass is 10.1. The van der Waals surface area contributed by atoms with Gasteiger partial charge in [0.1, 0.15) is 0 Å². The van der Waals surface area contributed by atoms with Gasteiger partial charge in [-0.05, 0) is 24.6 Å². The van der Waals surface area contributed by atoms with Gasteiger partial charge >= 0.3 is 0 Å². The van der Waals surface area contributed by atoms with E-state index >= 15 is 0 Å². The summed E-state index contributed by atoms with van der Waals surface area (Å²) in [5.74, 6) is -0.225. The van der Waals surface area contributed by atoms with Crippen molar-refractivity contribution in [2.75, 3.05) is 7.11 Å². The first-order valence-electron chi connectivity index (χ1n) is 4.22. The van der Waals surface area contributed by atoms with Crippen molar-refractivity contribution in [3.05, 3.63) is 29.6 Å². The topological polar surface area (TPSA) is 38.3 Å². The molecule has 1 atom stereocenters. The quantitative estimate of drug-likeness (QED) is 0.745. The predicted molar refractivity (Wildman–Crippen MR) is 50.6 cm³/mol. The molecule has 1 aromatic carbocycles. The number of methoxy groups -OCH3 is 1. The van der Waals surface area contributed by atoms with E-state index in [-0.39, 0.29) is 11.8 Å². The van der Waals surface area contributed by atoms with Crippen molar-refractivity contribution >= 4 is 6.41 Å². The molecule has 0 saturated heterocycles. The van der Waals surface area contributed by atoms with Gasteiger partial charge < -0.3 is 10.1 Å². The number of carbonyl (C=O) groups excluding carboxylic acids is 1. The molecule has 0 radical (unpaired) electrons. The number of nitrogens with one attached hydrogen (secondary N) is 1. The SMILES string of the molecule is COc1ccc(C(C)NC=O)cc1F. The fourth-order valence-electron chi connectivity index (χ4n) is 1.15. The van der Waals surface area contributed by atoms with Crippen LogP contribution in [0.3, 0.4) is 0 Å². The minimum absolute atomic E-state index is 0.201. The van der Waals surface area contributed by atoms with Crippen molar-refractivity contribution in [1.82, 2.24) is 5.32 Å². The summed E-state index contributed by atoms with van der Waals surface area (Å²) in [6, 6.07) is 4.39. The van der Waals surface area contributed by atoms with Crippen LogP contribution >= 0.6 is 0 Å². The molecule has 0 aliphatic heterocycles. The van der Waals surface area contributed by atoms with E-state index in [1.54, 1.807) is 13.0 Å². The Labute approximate surface area is 81.9 Å². The van der Waals surface area contributed by atoms with Gasteiger partial charge in [0.25, 0.3) is 0 Å². The van der Waals surface area contributed by atoms with Crippen molar-refractivity contribution in [2.45, 2.75) is 13.0 Å². The van der Waals surface area contributed by atoms with Crippen LogP contribution in [0.2, 0.25) is 0 Å². The lowest BCUT2D eigenvalue weighted by Gasteiger charge is -2.11. The van der Waals surface area contributed by atoms with Crippen LogP contribution in [0.5, 0.6) is 5.75 Å². The molecule has 4 heteroatoms. The maximum atomic E-state index is 13.2. The van der Waals surface area contributed by atoms with E-state index < -0.39 is 5.82 Å². The van der Waals surface area contributed by atoms with Gasteiger partial charge in [-0.1, -0.05) is 6.07 Å². The van der Waals surface area contributed by atoms with Crippen molar-refractivity contribution in [2.24, 2.45) is 0 Å². The highest BCUT2D eigenvalue weighted by Gasteiger charge is 2.08. The Morgan fingerprint density at radius 1 is 1.57 bits per heavy atom. The molecule has 3 nitrogen and oxygen atoms in total. The number of hydrogen-bond acceptors (Lipinski definition) is 2. The van der Waals surface area contributed by atoms with Gasteiger partial charge in [-0.15, -0.1) is 0 Å². The maximum Gasteiger partial charge on any atom is 0.207 e.